The Morgan fingerprint density at radius 2 is 1.79 bits per heavy atom. The molecule has 0 bridgehead atoms. The quantitative estimate of drug-likeness (QED) is 0.277. The Labute approximate surface area is 244 Å². The molecule has 39 heavy (non-hydrogen) atoms. The number of para-hydroxylation sites is 1. The minimum absolute atomic E-state index is 0.116. The van der Waals surface area contributed by atoms with Gasteiger partial charge in [-0.3, -0.25) is 9.59 Å². The molecule has 1 aliphatic rings. The highest BCUT2D eigenvalue weighted by Gasteiger charge is 2.30. The zero-order chi connectivity index (χ0) is 27.6. The van der Waals surface area contributed by atoms with Gasteiger partial charge in [0.2, 0.25) is 11.8 Å². The molecule has 0 unspecified atom stereocenters. The predicted octanol–water partition coefficient (Wildman–Crippen LogP) is 4.11. The minimum Gasteiger partial charge on any atom is -0.368 e. The van der Waals surface area contributed by atoms with Crippen LogP contribution in [0.1, 0.15) is 22.4 Å². The van der Waals surface area contributed by atoms with Gasteiger partial charge in [-0.05, 0) is 47.2 Å². The number of amides is 2. The Morgan fingerprint density at radius 1 is 1.00 bits per heavy atom. The van der Waals surface area contributed by atoms with Crippen LogP contribution in [0.3, 0.4) is 0 Å². The molecule has 1 saturated heterocycles. The van der Waals surface area contributed by atoms with Gasteiger partial charge in [0.25, 0.3) is 0 Å². The lowest BCUT2D eigenvalue weighted by Crippen LogP contribution is -2.56. The Hall–Kier alpha value is -2.62. The minimum atomic E-state index is -0.728. The number of halogens is 2. The normalized spacial score (nSPS) is 14.3. The Bertz CT molecular complexity index is 1230. The number of anilines is 1. The van der Waals surface area contributed by atoms with Gasteiger partial charge < -0.3 is 26.2 Å². The van der Waals surface area contributed by atoms with Crippen molar-refractivity contribution in [2.75, 3.05) is 44.2 Å². The molecule has 4 rings (SSSR count). The van der Waals surface area contributed by atoms with Crippen LogP contribution in [0.4, 0.5) is 5.69 Å². The molecule has 10 heteroatoms. The summed E-state index contributed by atoms with van der Waals surface area (Å²) in [6.45, 7) is 4.48. The summed E-state index contributed by atoms with van der Waals surface area (Å²) in [5.74, 6) is -0.366. The number of nitrogens with zero attached hydrogens (tertiary/aromatic N) is 2. The second kappa shape index (κ2) is 14.7. The number of nitrogens with two attached hydrogens (primary N) is 1. The summed E-state index contributed by atoms with van der Waals surface area (Å²) in [5, 5.41) is 9.54. The first-order valence-corrected chi connectivity index (χ1v) is 14.9. The van der Waals surface area contributed by atoms with E-state index in [4.69, 9.17) is 28.9 Å². The first-order valence-electron chi connectivity index (χ1n) is 13.2. The fraction of sp³-hybridized carbons (Fsp3) is 0.379. The van der Waals surface area contributed by atoms with E-state index >= 15 is 0 Å². The highest BCUT2D eigenvalue weighted by atomic mass is 35.5. The summed E-state index contributed by atoms with van der Waals surface area (Å²) in [6, 6.07) is 17.1. The molecule has 2 heterocycles. The van der Waals surface area contributed by atoms with Crippen molar-refractivity contribution in [1.82, 2.24) is 15.5 Å². The van der Waals surface area contributed by atoms with Crippen LogP contribution in [0.15, 0.2) is 60.0 Å². The van der Waals surface area contributed by atoms with Gasteiger partial charge in [-0.25, -0.2) is 0 Å². The van der Waals surface area contributed by atoms with E-state index < -0.39 is 6.04 Å². The van der Waals surface area contributed by atoms with Crippen LogP contribution in [0, 0.1) is 0 Å². The van der Waals surface area contributed by atoms with Gasteiger partial charge in [-0.2, -0.15) is 0 Å². The molecule has 0 spiro atoms. The van der Waals surface area contributed by atoms with E-state index in [2.05, 4.69) is 57.3 Å². The fourth-order valence-electron chi connectivity index (χ4n) is 4.75. The lowest BCUT2D eigenvalue weighted by molar-refractivity contribution is -0.136. The lowest BCUT2D eigenvalue weighted by atomic mass is 10.0. The molecule has 1 aliphatic heterocycles. The number of hydrogen-bond acceptors (Lipinski definition) is 6. The third-order valence-corrected chi connectivity index (χ3v) is 8.33. The molecule has 1 aromatic heterocycles. The van der Waals surface area contributed by atoms with E-state index in [1.165, 1.54) is 16.1 Å². The first kappa shape index (κ1) is 29.4. The molecule has 0 saturated carbocycles. The molecule has 0 radical (unpaired) electrons. The summed E-state index contributed by atoms with van der Waals surface area (Å²) in [4.78, 5) is 31.5. The highest BCUT2D eigenvalue weighted by molar-refractivity contribution is 7.09. The molecular weight excluding hydrogens is 553 g/mol. The molecule has 2 amide bonds. The molecule has 1 fully saturated rings. The summed E-state index contributed by atoms with van der Waals surface area (Å²) < 4.78 is 0. The number of piperazine rings is 1. The smallest absolute Gasteiger partial charge is 0.245 e. The van der Waals surface area contributed by atoms with E-state index in [0.717, 1.165) is 25.1 Å². The Kier molecular flexibility index (Phi) is 11.1. The number of nitrogens with one attached hydrogen (secondary N) is 2. The van der Waals surface area contributed by atoms with E-state index in [9.17, 15) is 9.59 Å². The van der Waals surface area contributed by atoms with Crippen molar-refractivity contribution in [3.05, 3.63) is 86.0 Å². The van der Waals surface area contributed by atoms with Crippen molar-refractivity contribution in [3.63, 3.8) is 0 Å². The van der Waals surface area contributed by atoms with Crippen molar-refractivity contribution in [1.29, 1.82) is 0 Å². The van der Waals surface area contributed by atoms with Gasteiger partial charge in [0.05, 0.1) is 0 Å². The van der Waals surface area contributed by atoms with Gasteiger partial charge in [-0.15, -0.1) is 11.3 Å². The Morgan fingerprint density at radius 3 is 2.51 bits per heavy atom. The van der Waals surface area contributed by atoms with Crippen LogP contribution in [0.2, 0.25) is 10.0 Å². The maximum atomic E-state index is 13.6. The number of hydrogen-bond donors (Lipinski definition) is 3. The number of carbonyl (C=O) groups excluding carboxylic acids is 2. The number of thiophene rings is 1. The van der Waals surface area contributed by atoms with Crippen LogP contribution in [-0.4, -0.2) is 62.0 Å². The van der Waals surface area contributed by atoms with Crippen molar-refractivity contribution in [3.8, 4) is 0 Å². The largest absolute Gasteiger partial charge is 0.368 e. The van der Waals surface area contributed by atoms with Crippen LogP contribution < -0.4 is 21.3 Å². The SMILES string of the molecule is NCCC(=O)N[C@H](Cc1ccc(Cl)cc1Cl)C(=O)N1CCN(c2ccccc2CNCCc2cccs2)CC1. The van der Waals surface area contributed by atoms with E-state index in [1.54, 1.807) is 29.5 Å². The van der Waals surface area contributed by atoms with Crippen molar-refractivity contribution in [2.45, 2.75) is 31.8 Å². The lowest BCUT2D eigenvalue weighted by Gasteiger charge is -2.38. The molecule has 1 atom stereocenters. The monoisotopic (exact) mass is 587 g/mol. The van der Waals surface area contributed by atoms with Crippen LogP contribution in [-0.2, 0) is 29.0 Å². The average molecular weight is 589 g/mol. The van der Waals surface area contributed by atoms with E-state index in [-0.39, 0.29) is 31.2 Å². The molecule has 7 nitrogen and oxygen atoms in total. The fourth-order valence-corrected chi connectivity index (χ4v) is 5.95. The van der Waals surface area contributed by atoms with E-state index in [1.807, 2.05) is 4.90 Å². The van der Waals surface area contributed by atoms with Crippen LogP contribution in [0.5, 0.6) is 0 Å². The molecule has 208 valence electrons. The van der Waals surface area contributed by atoms with Crippen molar-refractivity contribution in [2.24, 2.45) is 5.73 Å². The second-order valence-electron chi connectivity index (χ2n) is 9.55. The van der Waals surface area contributed by atoms with Gasteiger partial charge in [0.15, 0.2) is 0 Å². The first-order chi connectivity index (χ1) is 18.9. The predicted molar refractivity (Wildman–Crippen MR) is 161 cm³/mol. The summed E-state index contributed by atoms with van der Waals surface area (Å²) in [5.41, 5.74) is 8.75. The number of carbonyl (C=O) groups is 2. The summed E-state index contributed by atoms with van der Waals surface area (Å²) in [6.07, 6.45) is 1.46. The maximum Gasteiger partial charge on any atom is 0.245 e. The van der Waals surface area contributed by atoms with Crippen LogP contribution >= 0.6 is 34.5 Å². The molecule has 2 aromatic carbocycles. The van der Waals surface area contributed by atoms with Gasteiger partial charge in [0, 0.05) is 79.3 Å². The number of rotatable bonds is 12. The van der Waals surface area contributed by atoms with Gasteiger partial charge in [-0.1, -0.05) is 53.5 Å². The number of benzene rings is 2. The third-order valence-electron chi connectivity index (χ3n) is 6.81. The molecule has 0 aliphatic carbocycles. The summed E-state index contributed by atoms with van der Waals surface area (Å²) >= 11 is 14.2. The van der Waals surface area contributed by atoms with Crippen molar-refractivity contribution >= 4 is 52.0 Å². The maximum absolute atomic E-state index is 13.6. The third kappa shape index (κ3) is 8.43. The standard InChI is InChI=1S/C29H35Cl2N5O2S/c30-23-8-7-21(25(31)19-23)18-26(34-28(37)9-11-32)29(38)36-15-13-35(14-16-36)27-6-2-1-4-22(27)20-33-12-10-24-5-3-17-39-24/h1-8,17,19,26,33H,9-16,18,20,32H2,(H,34,37)/t26-/m1/s1. The highest BCUT2D eigenvalue weighted by Crippen LogP contribution is 2.24. The van der Waals surface area contributed by atoms with Crippen LogP contribution in [0.25, 0.3) is 0 Å². The van der Waals surface area contributed by atoms with Crippen molar-refractivity contribution < 1.29 is 9.59 Å². The second-order valence-corrected chi connectivity index (χ2v) is 11.4. The van der Waals surface area contributed by atoms with Gasteiger partial charge in [0.1, 0.15) is 6.04 Å². The van der Waals surface area contributed by atoms with E-state index in [0.29, 0.717) is 36.2 Å². The zero-order valence-electron chi connectivity index (χ0n) is 21.9. The topological polar surface area (TPSA) is 90.7 Å². The average Bonchev–Trinajstić information content (AvgIpc) is 3.46. The van der Waals surface area contributed by atoms with Gasteiger partial charge >= 0.3 is 0 Å². The zero-order valence-corrected chi connectivity index (χ0v) is 24.2. The molecular formula is C29H35Cl2N5O2S. The molecule has 3 aromatic rings. The molecule has 4 N–H and O–H groups in total. The Balaban J connectivity index is 1.36. The summed E-state index contributed by atoms with van der Waals surface area (Å²) in [7, 11) is 0.